The molecule has 112 valence electrons. The van der Waals surface area contributed by atoms with Gasteiger partial charge < -0.3 is 16.5 Å². The summed E-state index contributed by atoms with van der Waals surface area (Å²) in [6.45, 7) is 0. The van der Waals surface area contributed by atoms with Crippen molar-refractivity contribution in [3.05, 3.63) is 40.5 Å². The molecule has 0 bridgehead atoms. The van der Waals surface area contributed by atoms with Crippen molar-refractivity contribution in [3.8, 4) is 0 Å². The highest BCUT2D eigenvalue weighted by atomic mass is 35.5. The van der Waals surface area contributed by atoms with E-state index in [2.05, 4.69) is 11.4 Å². The van der Waals surface area contributed by atoms with Gasteiger partial charge in [-0.15, -0.1) is 0 Å². The summed E-state index contributed by atoms with van der Waals surface area (Å²) < 4.78 is 0. The number of nitrogens with one attached hydrogen (secondary N) is 2. The fraction of sp³-hybridized carbons (Fsp3) is 0.471. The third-order valence-electron chi connectivity index (χ3n) is 4.62. The molecule has 0 spiro atoms. The quantitative estimate of drug-likeness (QED) is 0.698. The number of hydrogen-bond donors (Lipinski definition) is 3. The molecule has 1 aromatic rings. The summed E-state index contributed by atoms with van der Waals surface area (Å²) in [6, 6.07) is 7.10. The van der Waals surface area contributed by atoms with Crippen LogP contribution in [0.3, 0.4) is 0 Å². The molecule has 1 unspecified atom stereocenters. The molecule has 1 atom stereocenters. The van der Waals surface area contributed by atoms with Crippen LogP contribution in [0.15, 0.2) is 24.4 Å². The highest BCUT2D eigenvalue weighted by Crippen LogP contribution is 2.42. The van der Waals surface area contributed by atoms with E-state index in [0.717, 1.165) is 10.6 Å². The van der Waals surface area contributed by atoms with E-state index in [4.69, 9.17) is 22.7 Å². The Kier molecular flexibility index (Phi) is 4.32. The van der Waals surface area contributed by atoms with Crippen LogP contribution in [-0.4, -0.2) is 12.3 Å². The number of allylic oxidation sites excluding steroid dienone is 1. The van der Waals surface area contributed by atoms with Gasteiger partial charge in [-0.25, -0.2) is 0 Å². The predicted octanol–water partition coefficient (Wildman–Crippen LogP) is 3.88. The molecule has 3 nitrogen and oxygen atoms in total. The summed E-state index contributed by atoms with van der Waals surface area (Å²) in [5.41, 5.74) is 8.34. The molecule has 0 amide bonds. The van der Waals surface area contributed by atoms with Gasteiger partial charge in [-0.05, 0) is 48.8 Å². The zero-order valence-electron chi connectivity index (χ0n) is 12.1. The SMILES string of the molecule is N=CC(=CN)c1ccc(C(NC2CC2)C2CCC2)c(Cl)c1. The van der Waals surface area contributed by atoms with Crippen molar-refractivity contribution in [3.63, 3.8) is 0 Å². The Morgan fingerprint density at radius 3 is 2.57 bits per heavy atom. The minimum atomic E-state index is 0.373. The number of benzene rings is 1. The first-order valence-corrected chi connectivity index (χ1v) is 8.09. The first-order chi connectivity index (χ1) is 10.2. The Balaban J connectivity index is 1.86. The van der Waals surface area contributed by atoms with Gasteiger partial charge in [-0.2, -0.15) is 0 Å². The van der Waals surface area contributed by atoms with Crippen molar-refractivity contribution in [2.24, 2.45) is 11.7 Å². The minimum absolute atomic E-state index is 0.373. The second-order valence-electron chi connectivity index (χ2n) is 6.11. The van der Waals surface area contributed by atoms with E-state index in [1.54, 1.807) is 0 Å². The van der Waals surface area contributed by atoms with Gasteiger partial charge in [-0.1, -0.05) is 30.2 Å². The lowest BCUT2D eigenvalue weighted by Crippen LogP contribution is -2.33. The van der Waals surface area contributed by atoms with Crippen LogP contribution in [0, 0.1) is 11.3 Å². The molecule has 3 rings (SSSR count). The second-order valence-corrected chi connectivity index (χ2v) is 6.52. The van der Waals surface area contributed by atoms with E-state index in [-0.39, 0.29) is 0 Å². The van der Waals surface area contributed by atoms with E-state index in [1.807, 2.05) is 12.1 Å². The van der Waals surface area contributed by atoms with Crippen molar-refractivity contribution in [1.82, 2.24) is 5.32 Å². The maximum Gasteiger partial charge on any atom is 0.0460 e. The standard InChI is InChI=1S/C17H22ClN3/c18-16-8-12(13(9-19)10-20)4-7-15(16)17(11-2-1-3-11)21-14-5-6-14/h4,7-11,14,17,19,21H,1-3,5-6,20H2. The van der Waals surface area contributed by atoms with Gasteiger partial charge in [-0.3, -0.25) is 0 Å². The van der Waals surface area contributed by atoms with Crippen LogP contribution in [0.4, 0.5) is 0 Å². The molecule has 2 fully saturated rings. The van der Waals surface area contributed by atoms with Gasteiger partial charge >= 0.3 is 0 Å². The van der Waals surface area contributed by atoms with Gasteiger partial charge in [0.15, 0.2) is 0 Å². The van der Waals surface area contributed by atoms with Crippen LogP contribution in [0.1, 0.15) is 49.3 Å². The van der Waals surface area contributed by atoms with Gasteiger partial charge in [0.2, 0.25) is 0 Å². The van der Waals surface area contributed by atoms with Crippen LogP contribution >= 0.6 is 11.6 Å². The molecule has 0 aliphatic heterocycles. The van der Waals surface area contributed by atoms with Gasteiger partial charge in [0.1, 0.15) is 0 Å². The van der Waals surface area contributed by atoms with Crippen LogP contribution in [-0.2, 0) is 0 Å². The van der Waals surface area contributed by atoms with E-state index in [1.165, 1.54) is 50.1 Å². The first kappa shape index (κ1) is 14.6. The summed E-state index contributed by atoms with van der Waals surface area (Å²) in [5, 5.41) is 11.9. The zero-order chi connectivity index (χ0) is 14.8. The van der Waals surface area contributed by atoms with Gasteiger partial charge in [0, 0.05) is 35.1 Å². The second kappa shape index (κ2) is 6.20. The van der Waals surface area contributed by atoms with Gasteiger partial charge in [0.05, 0.1) is 0 Å². The highest BCUT2D eigenvalue weighted by Gasteiger charge is 2.34. The smallest absolute Gasteiger partial charge is 0.0460 e. The number of hydrogen-bond acceptors (Lipinski definition) is 3. The Morgan fingerprint density at radius 1 is 1.33 bits per heavy atom. The van der Waals surface area contributed by atoms with Crippen molar-refractivity contribution < 1.29 is 0 Å². The molecule has 21 heavy (non-hydrogen) atoms. The molecule has 0 heterocycles. The molecule has 4 N–H and O–H groups in total. The molecule has 0 saturated heterocycles. The van der Waals surface area contributed by atoms with Crippen molar-refractivity contribution >= 4 is 23.4 Å². The fourth-order valence-corrected chi connectivity index (χ4v) is 3.24. The monoisotopic (exact) mass is 303 g/mol. The van der Waals surface area contributed by atoms with Crippen LogP contribution in [0.5, 0.6) is 0 Å². The summed E-state index contributed by atoms with van der Waals surface area (Å²) in [4.78, 5) is 0. The molecule has 0 radical (unpaired) electrons. The molecule has 4 heteroatoms. The summed E-state index contributed by atoms with van der Waals surface area (Å²) in [6.07, 6.45) is 9.19. The summed E-state index contributed by atoms with van der Waals surface area (Å²) in [7, 11) is 0. The molecular formula is C17H22ClN3. The van der Waals surface area contributed by atoms with Crippen LogP contribution in [0.25, 0.3) is 5.57 Å². The third kappa shape index (κ3) is 3.14. The van der Waals surface area contributed by atoms with E-state index >= 15 is 0 Å². The number of nitrogens with two attached hydrogens (primary N) is 1. The lowest BCUT2D eigenvalue weighted by Gasteiger charge is -2.35. The Hall–Kier alpha value is -1.32. The Morgan fingerprint density at radius 2 is 2.10 bits per heavy atom. The van der Waals surface area contributed by atoms with Gasteiger partial charge in [0.25, 0.3) is 0 Å². The zero-order valence-corrected chi connectivity index (χ0v) is 12.9. The van der Waals surface area contributed by atoms with Crippen molar-refractivity contribution in [1.29, 1.82) is 5.41 Å². The van der Waals surface area contributed by atoms with Crippen LogP contribution < -0.4 is 11.1 Å². The molecule has 1 aromatic carbocycles. The topological polar surface area (TPSA) is 61.9 Å². The van der Waals surface area contributed by atoms with Crippen molar-refractivity contribution in [2.45, 2.75) is 44.2 Å². The molecule has 2 aliphatic carbocycles. The highest BCUT2D eigenvalue weighted by molar-refractivity contribution is 6.31. The van der Waals surface area contributed by atoms with Crippen molar-refractivity contribution in [2.75, 3.05) is 0 Å². The Bertz CT molecular complexity index is 559. The first-order valence-electron chi connectivity index (χ1n) is 7.71. The molecule has 0 aromatic heterocycles. The molecule has 2 saturated carbocycles. The average Bonchev–Trinajstić information content (AvgIpc) is 3.22. The molecule has 2 aliphatic rings. The predicted molar refractivity (Wildman–Crippen MR) is 88.6 cm³/mol. The maximum atomic E-state index is 7.39. The average molecular weight is 304 g/mol. The number of rotatable bonds is 6. The number of halogens is 1. The third-order valence-corrected chi connectivity index (χ3v) is 4.95. The van der Waals surface area contributed by atoms with E-state index in [0.29, 0.717) is 23.6 Å². The minimum Gasteiger partial charge on any atom is -0.404 e. The Labute approximate surface area is 131 Å². The largest absolute Gasteiger partial charge is 0.404 e. The van der Waals surface area contributed by atoms with E-state index < -0.39 is 0 Å². The molecular weight excluding hydrogens is 282 g/mol. The summed E-state index contributed by atoms with van der Waals surface area (Å²) >= 11 is 6.53. The van der Waals surface area contributed by atoms with Crippen LogP contribution in [0.2, 0.25) is 5.02 Å². The fourth-order valence-electron chi connectivity index (χ4n) is 2.94. The maximum absolute atomic E-state index is 7.39. The summed E-state index contributed by atoms with van der Waals surface area (Å²) in [5.74, 6) is 0.709. The lowest BCUT2D eigenvalue weighted by molar-refractivity contribution is 0.229. The lowest BCUT2D eigenvalue weighted by atomic mass is 9.77. The van der Waals surface area contributed by atoms with E-state index in [9.17, 15) is 0 Å². The normalized spacial score (nSPS) is 20.9.